The largest absolute Gasteiger partial charge is 0.507 e. The number of ketones is 2. The van der Waals surface area contributed by atoms with E-state index in [1.807, 2.05) is 0 Å². The van der Waals surface area contributed by atoms with Gasteiger partial charge in [0.1, 0.15) is 35.9 Å². The van der Waals surface area contributed by atoms with Gasteiger partial charge in [0, 0.05) is 11.6 Å². The zero-order valence-electron chi connectivity index (χ0n) is 16.5. The molecule has 11 nitrogen and oxygen atoms in total. The number of aromatic hydroxyl groups is 1. The molecule has 4 rings (SSSR count). The zero-order valence-corrected chi connectivity index (χ0v) is 16.5. The first-order chi connectivity index (χ1) is 15.3. The van der Waals surface area contributed by atoms with Crippen molar-refractivity contribution in [3.63, 3.8) is 0 Å². The molecule has 2 aliphatic heterocycles. The molecule has 1 fully saturated rings. The summed E-state index contributed by atoms with van der Waals surface area (Å²) in [4.78, 5) is 25.2. The van der Waals surface area contributed by atoms with Crippen LogP contribution < -0.4 is 14.2 Å². The molecule has 32 heavy (non-hydrogen) atoms. The van der Waals surface area contributed by atoms with Gasteiger partial charge in [0.05, 0.1) is 12.2 Å². The molecule has 5 atom stereocenters. The van der Waals surface area contributed by atoms with Crippen molar-refractivity contribution < 1.29 is 54.1 Å². The number of rotatable bonds is 6. The number of hydrogen-bond acceptors (Lipinski definition) is 11. The van der Waals surface area contributed by atoms with Gasteiger partial charge in [-0.3, -0.25) is 9.59 Å². The summed E-state index contributed by atoms with van der Waals surface area (Å²) in [6.45, 7) is -0.622. The van der Waals surface area contributed by atoms with Gasteiger partial charge in [-0.15, -0.1) is 0 Å². The van der Waals surface area contributed by atoms with E-state index in [1.54, 1.807) is 0 Å². The summed E-state index contributed by atoms with van der Waals surface area (Å²) in [7, 11) is 0. The Bertz CT molecular complexity index is 1030. The van der Waals surface area contributed by atoms with Crippen molar-refractivity contribution >= 4 is 11.6 Å². The number of carbonyl (C=O) groups excluding carboxylic acids is 2. The van der Waals surface area contributed by atoms with Crippen LogP contribution in [0.15, 0.2) is 36.4 Å². The third-order valence-corrected chi connectivity index (χ3v) is 5.16. The summed E-state index contributed by atoms with van der Waals surface area (Å²) < 4.78 is 21.0. The topological polar surface area (TPSA) is 172 Å². The van der Waals surface area contributed by atoms with Crippen LogP contribution in [0.2, 0.25) is 0 Å². The fourth-order valence-electron chi connectivity index (χ4n) is 3.37. The summed E-state index contributed by atoms with van der Waals surface area (Å²) in [5.74, 6) is -1.69. The predicted octanol–water partition coefficient (Wildman–Crippen LogP) is -0.635. The number of ether oxygens (including phenoxy) is 4. The molecule has 170 valence electrons. The van der Waals surface area contributed by atoms with E-state index in [9.17, 15) is 35.1 Å². The number of phenolic OH excluding ortho intramolecular Hbond substituents is 1. The molecule has 0 spiro atoms. The van der Waals surface area contributed by atoms with Gasteiger partial charge in [0.2, 0.25) is 24.6 Å². The van der Waals surface area contributed by atoms with Gasteiger partial charge in [-0.1, -0.05) is 0 Å². The van der Waals surface area contributed by atoms with Crippen LogP contribution in [-0.2, 0) is 4.74 Å². The van der Waals surface area contributed by atoms with Crippen molar-refractivity contribution in [3.8, 4) is 23.0 Å². The maximum atomic E-state index is 12.6. The van der Waals surface area contributed by atoms with Crippen molar-refractivity contribution in [3.05, 3.63) is 47.5 Å². The summed E-state index contributed by atoms with van der Waals surface area (Å²) in [6.07, 6.45) is -7.48. The summed E-state index contributed by atoms with van der Waals surface area (Å²) in [5.41, 5.74) is -0.228. The first kappa shape index (κ1) is 22.0. The van der Waals surface area contributed by atoms with Crippen molar-refractivity contribution in [2.45, 2.75) is 30.7 Å². The lowest BCUT2D eigenvalue weighted by Crippen LogP contribution is -2.60. The third-order valence-electron chi connectivity index (χ3n) is 5.16. The summed E-state index contributed by atoms with van der Waals surface area (Å²) in [5, 5.41) is 49.2. The average molecular weight is 448 g/mol. The van der Waals surface area contributed by atoms with Gasteiger partial charge in [0.15, 0.2) is 11.5 Å². The second kappa shape index (κ2) is 8.73. The molecule has 0 saturated carbocycles. The van der Waals surface area contributed by atoms with Crippen LogP contribution in [0.5, 0.6) is 23.0 Å². The number of Topliss-reactive ketones (excluding diaryl/α,β-unsaturated/α-hetero) is 2. The lowest BCUT2D eigenvalue weighted by atomic mass is 9.99. The molecular weight excluding hydrogens is 428 g/mol. The molecule has 2 aliphatic rings. The number of phenols is 1. The minimum absolute atomic E-state index is 0.0115. The van der Waals surface area contributed by atoms with Gasteiger partial charge in [-0.25, -0.2) is 0 Å². The first-order valence-electron chi connectivity index (χ1n) is 9.59. The average Bonchev–Trinajstić information content (AvgIpc) is 3.26. The molecule has 2 heterocycles. The van der Waals surface area contributed by atoms with Crippen LogP contribution in [0.25, 0.3) is 0 Å². The molecule has 2 aromatic carbocycles. The van der Waals surface area contributed by atoms with E-state index in [2.05, 4.69) is 0 Å². The number of benzene rings is 2. The molecule has 0 aromatic heterocycles. The fourth-order valence-corrected chi connectivity index (χ4v) is 3.37. The van der Waals surface area contributed by atoms with Crippen LogP contribution in [-0.4, -0.2) is 81.2 Å². The van der Waals surface area contributed by atoms with E-state index < -0.39 is 54.6 Å². The van der Waals surface area contributed by atoms with Gasteiger partial charge >= 0.3 is 0 Å². The van der Waals surface area contributed by atoms with Crippen molar-refractivity contribution in [2.24, 2.45) is 0 Å². The molecule has 0 amide bonds. The quantitative estimate of drug-likeness (QED) is 0.281. The zero-order chi connectivity index (χ0) is 23.0. The van der Waals surface area contributed by atoms with E-state index in [4.69, 9.17) is 18.9 Å². The normalized spacial score (nSPS) is 26.6. The summed E-state index contributed by atoms with van der Waals surface area (Å²) >= 11 is 0. The number of carbonyl (C=O) groups is 2. The molecule has 0 radical (unpaired) electrons. The first-order valence-corrected chi connectivity index (χ1v) is 9.59. The van der Waals surface area contributed by atoms with Crippen LogP contribution in [0.4, 0.5) is 0 Å². The van der Waals surface area contributed by atoms with E-state index in [0.717, 1.165) is 12.1 Å². The van der Waals surface area contributed by atoms with Crippen LogP contribution in [0.1, 0.15) is 20.7 Å². The Labute approximate surface area is 181 Å². The maximum absolute atomic E-state index is 12.6. The van der Waals surface area contributed by atoms with E-state index in [-0.39, 0.29) is 23.7 Å². The number of fused-ring (bicyclic) bond motifs is 1. The highest BCUT2D eigenvalue weighted by molar-refractivity contribution is 6.49. The van der Waals surface area contributed by atoms with Crippen LogP contribution in [0.3, 0.4) is 0 Å². The highest BCUT2D eigenvalue weighted by Gasteiger charge is 2.44. The Kier molecular flexibility index (Phi) is 6.00. The fraction of sp³-hybridized carbons (Fsp3) is 0.333. The molecule has 5 unspecified atom stereocenters. The number of aliphatic hydroxyl groups excluding tert-OH is 4. The third kappa shape index (κ3) is 3.99. The molecule has 0 bridgehead atoms. The van der Waals surface area contributed by atoms with Crippen LogP contribution in [0, 0.1) is 0 Å². The highest BCUT2D eigenvalue weighted by atomic mass is 16.7. The summed E-state index contributed by atoms with van der Waals surface area (Å²) in [6, 6.07) is 7.71. The molecule has 0 aliphatic carbocycles. The highest BCUT2D eigenvalue weighted by Crippen LogP contribution is 2.33. The minimum Gasteiger partial charge on any atom is -0.507 e. The smallest absolute Gasteiger partial charge is 0.237 e. The molecule has 1 saturated heterocycles. The standard InChI is InChI=1S/C21H20O11/c22-7-15-18(26)19(27)20(28)21(32-15)31-10-2-3-11(12(23)6-10)17(25)16(24)9-1-4-13-14(5-9)30-8-29-13/h1-6,15,18-23,26-28H,7-8H2. The Hall–Kier alpha value is -3.22. The van der Waals surface area contributed by atoms with Crippen molar-refractivity contribution in [2.75, 3.05) is 13.4 Å². The molecular formula is C21H20O11. The second-order valence-corrected chi connectivity index (χ2v) is 7.22. The van der Waals surface area contributed by atoms with E-state index in [1.165, 1.54) is 24.3 Å². The molecule has 2 aromatic rings. The number of aliphatic hydroxyl groups is 4. The minimum atomic E-state index is -1.65. The van der Waals surface area contributed by atoms with Gasteiger partial charge in [-0.2, -0.15) is 0 Å². The second-order valence-electron chi connectivity index (χ2n) is 7.22. The van der Waals surface area contributed by atoms with Crippen molar-refractivity contribution in [1.29, 1.82) is 0 Å². The van der Waals surface area contributed by atoms with Crippen molar-refractivity contribution in [1.82, 2.24) is 0 Å². The molecule has 5 N–H and O–H groups in total. The SMILES string of the molecule is O=C(C(=O)c1ccc(OC2OC(CO)C(O)C(O)C2O)cc1O)c1ccc2c(c1)OCO2. The Balaban J connectivity index is 1.49. The Morgan fingerprint density at radius 3 is 2.41 bits per heavy atom. The number of hydrogen-bond donors (Lipinski definition) is 5. The monoisotopic (exact) mass is 448 g/mol. The predicted molar refractivity (Wildman–Crippen MR) is 104 cm³/mol. The molecule has 11 heteroatoms. The van der Waals surface area contributed by atoms with E-state index >= 15 is 0 Å². The van der Waals surface area contributed by atoms with E-state index in [0.29, 0.717) is 11.5 Å². The maximum Gasteiger partial charge on any atom is 0.237 e. The lowest BCUT2D eigenvalue weighted by Gasteiger charge is -2.39. The Morgan fingerprint density at radius 2 is 1.69 bits per heavy atom. The van der Waals surface area contributed by atoms with Gasteiger partial charge < -0.3 is 44.5 Å². The van der Waals surface area contributed by atoms with Gasteiger partial charge in [-0.05, 0) is 30.3 Å². The van der Waals surface area contributed by atoms with Gasteiger partial charge in [0.25, 0.3) is 0 Å². The van der Waals surface area contributed by atoms with Crippen LogP contribution >= 0.6 is 0 Å². The Morgan fingerprint density at radius 1 is 0.938 bits per heavy atom. The lowest BCUT2D eigenvalue weighted by molar-refractivity contribution is -0.277.